The first kappa shape index (κ1) is 11.1. The molecule has 0 saturated carbocycles. The summed E-state index contributed by atoms with van der Waals surface area (Å²) in [7, 11) is 0. The molecule has 0 aromatic heterocycles. The van der Waals surface area contributed by atoms with Crippen LogP contribution in [0.2, 0.25) is 0 Å². The van der Waals surface area contributed by atoms with E-state index in [1.54, 1.807) is 12.2 Å². The van der Waals surface area contributed by atoms with Crippen molar-refractivity contribution in [3.8, 4) is 0 Å². The Kier molecular flexibility index (Phi) is 3.56. The Labute approximate surface area is 94.3 Å². The molecule has 1 aliphatic heterocycles. The Morgan fingerprint density at radius 2 is 2.06 bits per heavy atom. The van der Waals surface area contributed by atoms with E-state index in [0.717, 1.165) is 31.7 Å². The highest BCUT2D eigenvalue weighted by atomic mass is 16.6. The standard InChI is InChI=1S/C11H16N2O3/c14-13(15)9-1-3-10(4-2-9)16-11-5-7-12-8-6-11/h1,3,11-12H,2,4-8H2. The van der Waals surface area contributed by atoms with Gasteiger partial charge < -0.3 is 10.1 Å². The van der Waals surface area contributed by atoms with Crippen molar-refractivity contribution in [1.29, 1.82) is 0 Å². The summed E-state index contributed by atoms with van der Waals surface area (Å²) in [6.45, 7) is 1.99. The lowest BCUT2D eigenvalue weighted by Gasteiger charge is -2.25. The molecule has 1 aliphatic carbocycles. The third-order valence-corrected chi connectivity index (χ3v) is 2.93. The van der Waals surface area contributed by atoms with Gasteiger partial charge in [0.15, 0.2) is 0 Å². The van der Waals surface area contributed by atoms with Crippen LogP contribution < -0.4 is 5.32 Å². The summed E-state index contributed by atoms with van der Waals surface area (Å²) < 4.78 is 5.81. The average molecular weight is 224 g/mol. The van der Waals surface area contributed by atoms with Gasteiger partial charge in [-0.2, -0.15) is 0 Å². The number of nitrogens with zero attached hydrogens (tertiary/aromatic N) is 1. The molecular weight excluding hydrogens is 208 g/mol. The van der Waals surface area contributed by atoms with E-state index < -0.39 is 0 Å². The summed E-state index contributed by atoms with van der Waals surface area (Å²) >= 11 is 0. The van der Waals surface area contributed by atoms with E-state index in [0.29, 0.717) is 12.8 Å². The van der Waals surface area contributed by atoms with E-state index >= 15 is 0 Å². The fourth-order valence-electron chi connectivity index (χ4n) is 1.98. The molecule has 2 aliphatic rings. The second kappa shape index (κ2) is 5.12. The van der Waals surface area contributed by atoms with Gasteiger partial charge in [-0.3, -0.25) is 10.1 Å². The fourth-order valence-corrected chi connectivity index (χ4v) is 1.98. The number of hydrogen-bond donors (Lipinski definition) is 1. The molecule has 2 rings (SSSR count). The molecule has 0 radical (unpaired) electrons. The van der Waals surface area contributed by atoms with Gasteiger partial charge in [-0.05, 0) is 32.0 Å². The van der Waals surface area contributed by atoms with Crippen LogP contribution in [0.5, 0.6) is 0 Å². The summed E-state index contributed by atoms with van der Waals surface area (Å²) in [5.74, 6) is 0.887. The van der Waals surface area contributed by atoms with Gasteiger partial charge in [0.1, 0.15) is 6.10 Å². The Hall–Kier alpha value is -1.36. The molecule has 1 fully saturated rings. The molecule has 5 heteroatoms. The second-order valence-electron chi connectivity index (χ2n) is 4.12. The van der Waals surface area contributed by atoms with Gasteiger partial charge in [0.25, 0.3) is 0 Å². The molecule has 16 heavy (non-hydrogen) atoms. The van der Waals surface area contributed by atoms with Crippen molar-refractivity contribution in [3.05, 3.63) is 33.7 Å². The lowest BCUT2D eigenvalue weighted by molar-refractivity contribution is -0.428. The zero-order valence-electron chi connectivity index (χ0n) is 9.15. The molecule has 5 nitrogen and oxygen atoms in total. The Morgan fingerprint density at radius 3 is 2.62 bits per heavy atom. The van der Waals surface area contributed by atoms with E-state index in [1.807, 2.05) is 0 Å². The van der Waals surface area contributed by atoms with Gasteiger partial charge in [0.2, 0.25) is 5.70 Å². The van der Waals surface area contributed by atoms with Crippen LogP contribution in [0.25, 0.3) is 0 Å². The smallest absolute Gasteiger partial charge is 0.246 e. The third kappa shape index (κ3) is 2.82. The minimum absolute atomic E-state index is 0.276. The molecule has 0 spiro atoms. The van der Waals surface area contributed by atoms with Crippen LogP contribution in [0, 0.1) is 10.1 Å². The normalized spacial score (nSPS) is 22.2. The minimum atomic E-state index is -0.322. The highest BCUT2D eigenvalue weighted by Gasteiger charge is 2.19. The van der Waals surface area contributed by atoms with E-state index in [-0.39, 0.29) is 16.7 Å². The molecule has 0 atom stereocenters. The summed E-state index contributed by atoms with van der Waals surface area (Å²) in [4.78, 5) is 10.2. The summed E-state index contributed by atoms with van der Waals surface area (Å²) in [5.41, 5.74) is 0.276. The first-order chi connectivity index (χ1) is 7.75. The van der Waals surface area contributed by atoms with Crippen molar-refractivity contribution in [2.45, 2.75) is 31.8 Å². The highest BCUT2D eigenvalue weighted by Crippen LogP contribution is 2.22. The maximum atomic E-state index is 10.5. The number of nitrogens with one attached hydrogen (secondary N) is 1. The molecule has 0 aromatic carbocycles. The topological polar surface area (TPSA) is 64.4 Å². The largest absolute Gasteiger partial charge is 0.495 e. The second-order valence-corrected chi connectivity index (χ2v) is 4.12. The molecule has 0 aromatic rings. The summed E-state index contributed by atoms with van der Waals surface area (Å²) in [6, 6.07) is 0. The van der Waals surface area contributed by atoms with Gasteiger partial charge >= 0.3 is 0 Å². The maximum absolute atomic E-state index is 10.5. The third-order valence-electron chi connectivity index (χ3n) is 2.93. The van der Waals surface area contributed by atoms with Crippen LogP contribution in [0.3, 0.4) is 0 Å². The lowest BCUT2D eigenvalue weighted by Crippen LogP contribution is -2.32. The zero-order valence-corrected chi connectivity index (χ0v) is 9.15. The van der Waals surface area contributed by atoms with Crippen molar-refractivity contribution >= 4 is 0 Å². The van der Waals surface area contributed by atoms with Crippen LogP contribution >= 0.6 is 0 Å². The van der Waals surface area contributed by atoms with Gasteiger partial charge in [-0.25, -0.2) is 0 Å². The average Bonchev–Trinajstić information content (AvgIpc) is 2.31. The summed E-state index contributed by atoms with van der Waals surface area (Å²) in [5, 5.41) is 13.8. The number of ether oxygens (including phenoxy) is 1. The molecule has 1 saturated heterocycles. The van der Waals surface area contributed by atoms with Crippen LogP contribution in [0.15, 0.2) is 23.6 Å². The monoisotopic (exact) mass is 224 g/mol. The molecule has 0 amide bonds. The van der Waals surface area contributed by atoms with E-state index in [9.17, 15) is 10.1 Å². The Morgan fingerprint density at radius 1 is 1.31 bits per heavy atom. The zero-order chi connectivity index (χ0) is 11.4. The molecular formula is C11H16N2O3. The fraction of sp³-hybridized carbons (Fsp3) is 0.636. The molecule has 1 heterocycles. The van der Waals surface area contributed by atoms with Gasteiger partial charge in [0.05, 0.1) is 10.7 Å². The minimum Gasteiger partial charge on any atom is -0.495 e. The van der Waals surface area contributed by atoms with Crippen molar-refractivity contribution in [1.82, 2.24) is 5.32 Å². The van der Waals surface area contributed by atoms with Crippen LogP contribution in [0.1, 0.15) is 25.7 Å². The lowest BCUT2D eigenvalue weighted by atomic mass is 10.1. The van der Waals surface area contributed by atoms with Gasteiger partial charge in [0, 0.05) is 18.9 Å². The van der Waals surface area contributed by atoms with Crippen LogP contribution in [-0.4, -0.2) is 24.1 Å². The number of rotatable bonds is 3. The molecule has 0 bridgehead atoms. The van der Waals surface area contributed by atoms with Crippen molar-refractivity contribution < 1.29 is 9.66 Å². The van der Waals surface area contributed by atoms with Gasteiger partial charge in [-0.1, -0.05) is 0 Å². The van der Waals surface area contributed by atoms with E-state index in [4.69, 9.17) is 4.74 Å². The van der Waals surface area contributed by atoms with Crippen LogP contribution in [-0.2, 0) is 4.74 Å². The van der Waals surface area contributed by atoms with E-state index in [1.165, 1.54) is 0 Å². The van der Waals surface area contributed by atoms with Gasteiger partial charge in [-0.15, -0.1) is 0 Å². The maximum Gasteiger partial charge on any atom is 0.246 e. The SMILES string of the molecule is O=[N+]([O-])C1=CC=C(OC2CCNCC2)CC1. The van der Waals surface area contributed by atoms with Crippen molar-refractivity contribution in [3.63, 3.8) is 0 Å². The number of nitro groups is 1. The predicted octanol–water partition coefficient (Wildman–Crippen LogP) is 1.59. The Bertz CT molecular complexity index is 330. The highest BCUT2D eigenvalue weighted by molar-refractivity contribution is 5.17. The molecule has 88 valence electrons. The summed E-state index contributed by atoms with van der Waals surface area (Å²) in [6.07, 6.45) is 6.73. The van der Waals surface area contributed by atoms with E-state index in [2.05, 4.69) is 5.32 Å². The predicted molar refractivity (Wildman–Crippen MR) is 59.4 cm³/mol. The van der Waals surface area contributed by atoms with Crippen molar-refractivity contribution in [2.24, 2.45) is 0 Å². The van der Waals surface area contributed by atoms with Crippen molar-refractivity contribution in [2.75, 3.05) is 13.1 Å². The first-order valence-electron chi connectivity index (χ1n) is 5.67. The molecule has 0 unspecified atom stereocenters. The number of piperidine rings is 1. The number of hydrogen-bond acceptors (Lipinski definition) is 4. The first-order valence-corrected chi connectivity index (χ1v) is 5.67. The Balaban J connectivity index is 1.89. The quantitative estimate of drug-likeness (QED) is 0.584. The molecule has 1 N–H and O–H groups in total. The number of allylic oxidation sites excluding steroid dienone is 4. The van der Waals surface area contributed by atoms with Crippen LogP contribution in [0.4, 0.5) is 0 Å².